The van der Waals surface area contributed by atoms with E-state index < -0.39 is 33.9 Å². The zero-order chi connectivity index (χ0) is 25.7. The number of nitrogens with zero attached hydrogens (tertiary/aromatic N) is 2. The molecule has 13 heteroatoms. The number of sulfonamides is 1. The van der Waals surface area contributed by atoms with Crippen LogP contribution in [-0.2, 0) is 24.3 Å². The molecule has 2 fully saturated rings. The normalized spacial score (nSPS) is 20.0. The highest BCUT2D eigenvalue weighted by Gasteiger charge is 2.46. The number of benzene rings is 1. The highest BCUT2D eigenvalue weighted by atomic mass is 32.2. The molecule has 3 heterocycles. The number of aliphatic carboxylic acids is 1. The van der Waals surface area contributed by atoms with Gasteiger partial charge in [-0.25, -0.2) is 13.2 Å². The Labute approximate surface area is 200 Å². The number of hydrogen-bond acceptors (Lipinski definition) is 6. The van der Waals surface area contributed by atoms with Crippen LogP contribution in [0.1, 0.15) is 25.7 Å². The molecule has 2 aliphatic rings. The number of anilines is 1. The van der Waals surface area contributed by atoms with Crippen LogP contribution in [0.15, 0.2) is 59.8 Å². The van der Waals surface area contributed by atoms with E-state index in [1.165, 1.54) is 4.31 Å². The van der Waals surface area contributed by atoms with Crippen molar-refractivity contribution in [3.05, 3.63) is 54.9 Å². The molecular weight excluding hydrogens is 491 g/mol. The number of carbonyl (C=O) groups excluding carboxylic acids is 1. The van der Waals surface area contributed by atoms with Gasteiger partial charge in [-0.05, 0) is 49.9 Å². The van der Waals surface area contributed by atoms with Crippen LogP contribution in [0, 0.1) is 0 Å². The number of aromatic nitrogens is 1. The molecule has 1 aromatic carbocycles. The maximum Gasteiger partial charge on any atom is 0.490 e. The fourth-order valence-electron chi connectivity index (χ4n) is 3.90. The minimum Gasteiger partial charge on any atom is -0.475 e. The number of carboxylic acid groups (broad SMARTS) is 1. The van der Waals surface area contributed by atoms with Gasteiger partial charge in [0.25, 0.3) is 5.91 Å². The van der Waals surface area contributed by atoms with Gasteiger partial charge in [-0.15, -0.1) is 0 Å². The van der Waals surface area contributed by atoms with Crippen molar-refractivity contribution in [3.8, 4) is 0 Å². The summed E-state index contributed by atoms with van der Waals surface area (Å²) in [4.78, 5) is 25.7. The summed E-state index contributed by atoms with van der Waals surface area (Å²) in [6, 6.07) is 12.0. The third-order valence-electron chi connectivity index (χ3n) is 5.73. The summed E-state index contributed by atoms with van der Waals surface area (Å²) in [6.07, 6.45) is 0.224. The standard InChI is InChI=1S/C20H23N3O4S.C2HF3O2/c24-19(22-16-5-4-12-21-15-16)18-8-9-20(27-18)10-13-23(14-11-20)28(25,26)17-6-2-1-3-7-17;3-2(4,5)1(6)7/h1-7,12,15,18H,8-11,13-14H2,(H,22,24);(H,6,7). The number of amides is 1. The van der Waals surface area contributed by atoms with Gasteiger partial charge in [-0.1, -0.05) is 18.2 Å². The molecule has 4 rings (SSSR count). The lowest BCUT2D eigenvalue weighted by Crippen LogP contribution is -2.47. The molecule has 0 aliphatic carbocycles. The summed E-state index contributed by atoms with van der Waals surface area (Å²) >= 11 is 0. The average Bonchev–Trinajstić information content (AvgIpc) is 3.24. The van der Waals surface area contributed by atoms with E-state index >= 15 is 0 Å². The number of hydrogen-bond donors (Lipinski definition) is 2. The molecule has 9 nitrogen and oxygen atoms in total. The number of piperidine rings is 1. The Morgan fingerprint density at radius 1 is 1.09 bits per heavy atom. The van der Waals surface area contributed by atoms with E-state index in [-0.39, 0.29) is 5.91 Å². The van der Waals surface area contributed by atoms with E-state index in [9.17, 15) is 26.4 Å². The van der Waals surface area contributed by atoms with Crippen LogP contribution in [0.25, 0.3) is 0 Å². The molecule has 2 aliphatic heterocycles. The van der Waals surface area contributed by atoms with Crippen LogP contribution < -0.4 is 5.32 Å². The maximum atomic E-state index is 12.8. The van der Waals surface area contributed by atoms with Crippen molar-refractivity contribution in [1.29, 1.82) is 0 Å². The highest BCUT2D eigenvalue weighted by molar-refractivity contribution is 7.89. The lowest BCUT2D eigenvalue weighted by Gasteiger charge is -2.38. The minimum atomic E-state index is -5.08. The van der Waals surface area contributed by atoms with E-state index in [2.05, 4.69) is 10.3 Å². The van der Waals surface area contributed by atoms with E-state index in [1.807, 2.05) is 0 Å². The monoisotopic (exact) mass is 515 g/mol. The van der Waals surface area contributed by atoms with Crippen molar-refractivity contribution >= 4 is 27.6 Å². The van der Waals surface area contributed by atoms with Crippen LogP contribution in [0.2, 0.25) is 0 Å². The van der Waals surface area contributed by atoms with Gasteiger partial charge in [0.2, 0.25) is 10.0 Å². The summed E-state index contributed by atoms with van der Waals surface area (Å²) in [5, 5.41) is 9.95. The Kier molecular flexibility index (Phi) is 8.13. The van der Waals surface area contributed by atoms with Crippen LogP contribution in [0.4, 0.5) is 18.9 Å². The summed E-state index contributed by atoms with van der Waals surface area (Å²) in [6.45, 7) is 0.794. The predicted molar refractivity (Wildman–Crippen MR) is 118 cm³/mol. The molecule has 2 N–H and O–H groups in total. The number of halogens is 3. The smallest absolute Gasteiger partial charge is 0.475 e. The van der Waals surface area contributed by atoms with E-state index in [0.29, 0.717) is 42.9 Å². The molecule has 0 radical (unpaired) electrons. The van der Waals surface area contributed by atoms with Gasteiger partial charge in [-0.3, -0.25) is 9.78 Å². The first-order valence-electron chi connectivity index (χ1n) is 10.7. The summed E-state index contributed by atoms with van der Waals surface area (Å²) < 4.78 is 64.9. The Hall–Kier alpha value is -3.03. The SMILES string of the molecule is O=C(Nc1cccnc1)C1CCC2(CCN(S(=O)(=O)c3ccccc3)CC2)O1.O=C(O)C(F)(F)F. The lowest BCUT2D eigenvalue weighted by molar-refractivity contribution is -0.192. The molecule has 1 unspecified atom stereocenters. The number of carboxylic acids is 1. The molecule has 1 atom stereocenters. The lowest BCUT2D eigenvalue weighted by atomic mass is 9.89. The van der Waals surface area contributed by atoms with Gasteiger partial charge in [0, 0.05) is 19.3 Å². The highest BCUT2D eigenvalue weighted by Crippen LogP contribution is 2.40. The number of alkyl halides is 3. The third-order valence-corrected chi connectivity index (χ3v) is 7.65. The first-order valence-corrected chi connectivity index (χ1v) is 12.1. The summed E-state index contributed by atoms with van der Waals surface area (Å²) in [5.74, 6) is -2.93. The molecule has 190 valence electrons. The van der Waals surface area contributed by atoms with Crippen LogP contribution in [0.5, 0.6) is 0 Å². The zero-order valence-electron chi connectivity index (χ0n) is 18.4. The fourth-order valence-corrected chi connectivity index (χ4v) is 5.36. The number of ether oxygens (including phenoxy) is 1. The van der Waals surface area contributed by atoms with Crippen molar-refractivity contribution in [2.24, 2.45) is 0 Å². The largest absolute Gasteiger partial charge is 0.490 e. The average molecular weight is 516 g/mol. The molecule has 1 aromatic heterocycles. The Balaban J connectivity index is 0.000000429. The van der Waals surface area contributed by atoms with Crippen molar-refractivity contribution < 1.29 is 41.0 Å². The number of carbonyl (C=O) groups is 2. The van der Waals surface area contributed by atoms with Gasteiger partial charge < -0.3 is 15.2 Å². The van der Waals surface area contributed by atoms with Gasteiger partial charge in [0.1, 0.15) is 6.10 Å². The van der Waals surface area contributed by atoms with Crippen molar-refractivity contribution in [2.75, 3.05) is 18.4 Å². The molecular formula is C22H24F3N3O6S. The number of rotatable bonds is 4. The van der Waals surface area contributed by atoms with E-state index in [4.69, 9.17) is 14.6 Å². The maximum absolute atomic E-state index is 12.8. The molecule has 0 bridgehead atoms. The van der Waals surface area contributed by atoms with Gasteiger partial charge in [-0.2, -0.15) is 17.5 Å². The Morgan fingerprint density at radius 2 is 1.71 bits per heavy atom. The quantitative estimate of drug-likeness (QED) is 0.641. The molecule has 1 amide bonds. The van der Waals surface area contributed by atoms with Crippen LogP contribution in [0.3, 0.4) is 0 Å². The van der Waals surface area contributed by atoms with Crippen molar-refractivity contribution in [1.82, 2.24) is 9.29 Å². The number of nitrogens with one attached hydrogen (secondary N) is 1. The molecule has 1 spiro atoms. The van der Waals surface area contributed by atoms with Gasteiger partial charge >= 0.3 is 12.1 Å². The molecule has 2 saturated heterocycles. The molecule has 35 heavy (non-hydrogen) atoms. The molecule has 2 aromatic rings. The zero-order valence-corrected chi connectivity index (χ0v) is 19.3. The summed E-state index contributed by atoms with van der Waals surface area (Å²) in [7, 11) is -3.49. The minimum absolute atomic E-state index is 0.177. The Morgan fingerprint density at radius 3 is 2.26 bits per heavy atom. The van der Waals surface area contributed by atoms with Gasteiger partial charge in [0.05, 0.1) is 22.4 Å². The second-order valence-corrected chi connectivity index (χ2v) is 10.0. The Bertz CT molecular complexity index is 1120. The molecule has 0 saturated carbocycles. The van der Waals surface area contributed by atoms with Crippen molar-refractivity contribution in [2.45, 2.75) is 48.5 Å². The fraction of sp³-hybridized carbons (Fsp3) is 0.409. The third kappa shape index (κ3) is 6.77. The van der Waals surface area contributed by atoms with E-state index in [0.717, 1.165) is 6.42 Å². The topological polar surface area (TPSA) is 126 Å². The van der Waals surface area contributed by atoms with Crippen LogP contribution >= 0.6 is 0 Å². The van der Waals surface area contributed by atoms with Crippen molar-refractivity contribution in [3.63, 3.8) is 0 Å². The van der Waals surface area contributed by atoms with E-state index in [1.54, 1.807) is 54.9 Å². The first kappa shape index (κ1) is 26.6. The first-order chi connectivity index (χ1) is 16.4. The predicted octanol–water partition coefficient (Wildman–Crippen LogP) is 3.06. The van der Waals surface area contributed by atoms with Gasteiger partial charge in [0.15, 0.2) is 0 Å². The second-order valence-electron chi connectivity index (χ2n) is 8.08. The number of pyridine rings is 1. The summed E-state index contributed by atoms with van der Waals surface area (Å²) in [5.41, 5.74) is 0.223. The second kappa shape index (κ2) is 10.7. The van der Waals surface area contributed by atoms with Crippen LogP contribution in [-0.4, -0.2) is 65.7 Å².